The van der Waals surface area contributed by atoms with Gasteiger partial charge in [0.15, 0.2) is 0 Å². The predicted molar refractivity (Wildman–Crippen MR) is 81.6 cm³/mol. The number of benzene rings is 1. The molecule has 0 fully saturated rings. The summed E-state index contributed by atoms with van der Waals surface area (Å²) in [7, 11) is 0. The molecule has 0 radical (unpaired) electrons. The van der Waals surface area contributed by atoms with Crippen LogP contribution in [0.4, 0.5) is 0 Å². The standard InChI is InChI=1S/C15H17ClN2S/c1-9(14-6-7-15(16)19-14)18-13-8-12(17)10-4-2-3-5-11(10)13/h2-7,9,12-13,18H,8,17H2,1H3. The van der Waals surface area contributed by atoms with E-state index < -0.39 is 0 Å². The first-order valence-electron chi connectivity index (χ1n) is 6.51. The van der Waals surface area contributed by atoms with E-state index in [1.165, 1.54) is 16.0 Å². The number of thiophene rings is 1. The van der Waals surface area contributed by atoms with Gasteiger partial charge in [0.1, 0.15) is 0 Å². The first-order valence-corrected chi connectivity index (χ1v) is 7.70. The van der Waals surface area contributed by atoms with Crippen LogP contribution in [0.25, 0.3) is 0 Å². The van der Waals surface area contributed by atoms with Crippen molar-refractivity contribution in [2.45, 2.75) is 31.5 Å². The zero-order chi connectivity index (χ0) is 13.4. The van der Waals surface area contributed by atoms with E-state index >= 15 is 0 Å². The van der Waals surface area contributed by atoms with E-state index in [-0.39, 0.29) is 6.04 Å². The van der Waals surface area contributed by atoms with Crippen LogP contribution >= 0.6 is 22.9 Å². The number of nitrogens with two attached hydrogens (primary N) is 1. The highest BCUT2D eigenvalue weighted by Crippen LogP contribution is 2.39. The van der Waals surface area contributed by atoms with Crippen LogP contribution in [0.5, 0.6) is 0 Å². The van der Waals surface area contributed by atoms with Gasteiger partial charge in [-0.1, -0.05) is 35.9 Å². The summed E-state index contributed by atoms with van der Waals surface area (Å²) in [4.78, 5) is 1.27. The van der Waals surface area contributed by atoms with Gasteiger partial charge < -0.3 is 11.1 Å². The maximum atomic E-state index is 6.20. The number of fused-ring (bicyclic) bond motifs is 1. The molecule has 3 rings (SSSR count). The lowest BCUT2D eigenvalue weighted by atomic mass is 10.1. The highest BCUT2D eigenvalue weighted by Gasteiger charge is 2.29. The molecule has 0 amide bonds. The minimum absolute atomic E-state index is 0.146. The molecule has 19 heavy (non-hydrogen) atoms. The topological polar surface area (TPSA) is 38.0 Å². The maximum absolute atomic E-state index is 6.20. The van der Waals surface area contributed by atoms with Gasteiger partial charge in [-0.3, -0.25) is 0 Å². The van der Waals surface area contributed by atoms with Crippen molar-refractivity contribution in [1.82, 2.24) is 5.32 Å². The van der Waals surface area contributed by atoms with Gasteiger partial charge >= 0.3 is 0 Å². The van der Waals surface area contributed by atoms with E-state index in [0.717, 1.165) is 10.8 Å². The quantitative estimate of drug-likeness (QED) is 0.890. The van der Waals surface area contributed by atoms with Gasteiger partial charge in [0.05, 0.1) is 4.34 Å². The first-order chi connectivity index (χ1) is 9.15. The van der Waals surface area contributed by atoms with E-state index in [1.54, 1.807) is 11.3 Å². The largest absolute Gasteiger partial charge is 0.324 e. The van der Waals surface area contributed by atoms with Gasteiger partial charge in [-0.2, -0.15) is 0 Å². The van der Waals surface area contributed by atoms with Crippen LogP contribution < -0.4 is 11.1 Å². The number of nitrogens with one attached hydrogen (secondary N) is 1. The van der Waals surface area contributed by atoms with E-state index in [9.17, 15) is 0 Å². The second-order valence-electron chi connectivity index (χ2n) is 5.05. The molecule has 100 valence electrons. The van der Waals surface area contributed by atoms with Crippen molar-refractivity contribution in [3.63, 3.8) is 0 Å². The molecular weight excluding hydrogens is 276 g/mol. The van der Waals surface area contributed by atoms with Crippen LogP contribution in [-0.2, 0) is 0 Å². The smallest absolute Gasteiger partial charge is 0.0931 e. The SMILES string of the molecule is CC(NC1CC(N)c2ccccc21)c1ccc(Cl)s1. The van der Waals surface area contributed by atoms with E-state index in [0.29, 0.717) is 12.1 Å². The molecule has 0 saturated carbocycles. The highest BCUT2D eigenvalue weighted by atomic mass is 35.5. The van der Waals surface area contributed by atoms with Crippen LogP contribution in [0.15, 0.2) is 36.4 Å². The molecule has 1 aromatic carbocycles. The van der Waals surface area contributed by atoms with Gasteiger partial charge in [0, 0.05) is 23.0 Å². The second-order valence-corrected chi connectivity index (χ2v) is 6.80. The summed E-state index contributed by atoms with van der Waals surface area (Å²) in [6.45, 7) is 2.18. The third-order valence-electron chi connectivity index (χ3n) is 3.73. The van der Waals surface area contributed by atoms with Crippen molar-refractivity contribution in [3.8, 4) is 0 Å². The van der Waals surface area contributed by atoms with Crippen molar-refractivity contribution >= 4 is 22.9 Å². The Hall–Kier alpha value is -0.870. The fourth-order valence-electron chi connectivity index (χ4n) is 2.78. The van der Waals surface area contributed by atoms with Gasteiger partial charge in [-0.25, -0.2) is 0 Å². The molecule has 0 bridgehead atoms. The average molecular weight is 293 g/mol. The second kappa shape index (κ2) is 5.25. The zero-order valence-electron chi connectivity index (χ0n) is 10.8. The van der Waals surface area contributed by atoms with Gasteiger partial charge in [-0.15, -0.1) is 11.3 Å². The molecule has 4 heteroatoms. The summed E-state index contributed by atoms with van der Waals surface area (Å²) in [5.74, 6) is 0. The van der Waals surface area contributed by atoms with Crippen LogP contribution in [0.1, 0.15) is 47.5 Å². The minimum Gasteiger partial charge on any atom is -0.324 e. The molecule has 0 spiro atoms. The number of rotatable bonds is 3. The Labute approximate surface area is 122 Å². The molecule has 3 atom stereocenters. The predicted octanol–water partition coefficient (Wildman–Crippen LogP) is 4.20. The lowest BCUT2D eigenvalue weighted by Crippen LogP contribution is -2.23. The van der Waals surface area contributed by atoms with Crippen molar-refractivity contribution in [1.29, 1.82) is 0 Å². The summed E-state index contributed by atoms with van der Waals surface area (Å²) in [6.07, 6.45) is 0.961. The molecule has 1 heterocycles. The molecular formula is C15H17ClN2S. The van der Waals surface area contributed by atoms with E-state index in [2.05, 4.69) is 42.6 Å². The summed E-state index contributed by atoms with van der Waals surface area (Å²) in [5, 5.41) is 3.67. The van der Waals surface area contributed by atoms with Gasteiger partial charge in [0.25, 0.3) is 0 Å². The molecule has 3 N–H and O–H groups in total. The van der Waals surface area contributed by atoms with Gasteiger partial charge in [-0.05, 0) is 36.6 Å². The summed E-state index contributed by atoms with van der Waals surface area (Å²) in [6, 6.07) is 13.3. The fourth-order valence-corrected chi connectivity index (χ4v) is 3.85. The monoisotopic (exact) mass is 292 g/mol. The Morgan fingerprint density at radius 1 is 1.26 bits per heavy atom. The summed E-state index contributed by atoms with van der Waals surface area (Å²) >= 11 is 7.63. The fraction of sp³-hybridized carbons (Fsp3) is 0.333. The lowest BCUT2D eigenvalue weighted by Gasteiger charge is -2.19. The number of hydrogen-bond donors (Lipinski definition) is 2. The Morgan fingerprint density at radius 3 is 2.68 bits per heavy atom. The van der Waals surface area contributed by atoms with Crippen LogP contribution in [0.2, 0.25) is 4.34 Å². The van der Waals surface area contributed by atoms with Crippen molar-refractivity contribution in [2.75, 3.05) is 0 Å². The van der Waals surface area contributed by atoms with E-state index in [4.69, 9.17) is 17.3 Å². The molecule has 3 unspecified atom stereocenters. The normalized spacial score (nSPS) is 23.3. The summed E-state index contributed by atoms with van der Waals surface area (Å²) < 4.78 is 0.840. The molecule has 1 aromatic heterocycles. The van der Waals surface area contributed by atoms with Crippen molar-refractivity contribution in [3.05, 3.63) is 56.7 Å². The highest BCUT2D eigenvalue weighted by molar-refractivity contribution is 7.16. The number of hydrogen-bond acceptors (Lipinski definition) is 3. The van der Waals surface area contributed by atoms with Gasteiger partial charge in [0.2, 0.25) is 0 Å². The minimum atomic E-state index is 0.146. The van der Waals surface area contributed by atoms with E-state index in [1.807, 2.05) is 6.07 Å². The maximum Gasteiger partial charge on any atom is 0.0931 e. The molecule has 1 aliphatic carbocycles. The molecule has 1 aliphatic rings. The van der Waals surface area contributed by atoms with Crippen LogP contribution in [0.3, 0.4) is 0 Å². The third-order valence-corrected chi connectivity index (χ3v) is 5.15. The molecule has 0 aliphatic heterocycles. The molecule has 2 nitrogen and oxygen atoms in total. The van der Waals surface area contributed by atoms with Crippen molar-refractivity contribution < 1.29 is 0 Å². The molecule has 0 saturated heterocycles. The third kappa shape index (κ3) is 2.56. The first kappa shape index (κ1) is 13.1. The zero-order valence-corrected chi connectivity index (χ0v) is 12.3. The Morgan fingerprint density at radius 2 is 2.00 bits per heavy atom. The lowest BCUT2D eigenvalue weighted by molar-refractivity contribution is 0.449. The van der Waals surface area contributed by atoms with Crippen LogP contribution in [-0.4, -0.2) is 0 Å². The van der Waals surface area contributed by atoms with Crippen LogP contribution in [0, 0.1) is 0 Å². The summed E-state index contributed by atoms with van der Waals surface area (Å²) in [5.41, 5.74) is 8.81. The Balaban J connectivity index is 1.78. The molecule has 2 aromatic rings. The number of halogens is 1. The average Bonchev–Trinajstić information content (AvgIpc) is 2.96. The Bertz CT molecular complexity index is 581. The van der Waals surface area contributed by atoms with Crippen molar-refractivity contribution in [2.24, 2.45) is 5.73 Å². The Kier molecular flexibility index (Phi) is 3.63.